The van der Waals surface area contributed by atoms with Crippen LogP contribution in [0.1, 0.15) is 0 Å². The fourth-order valence-electron chi connectivity index (χ4n) is 8.76. The summed E-state index contributed by atoms with van der Waals surface area (Å²) in [6, 6.07) is 73.0. The largest absolute Gasteiger partial charge is 0.309 e. The van der Waals surface area contributed by atoms with Crippen molar-refractivity contribution in [3.8, 4) is 62.0 Å². The lowest BCUT2D eigenvalue weighted by Gasteiger charge is -2.13. The van der Waals surface area contributed by atoms with Gasteiger partial charge in [-0.3, -0.25) is 0 Å². The molecule has 12 rings (SSSR count). The monoisotopic (exact) mass is 782 g/mol. The molecule has 4 heterocycles. The molecule has 60 heavy (non-hydrogen) atoms. The molecule has 5 heteroatoms. The van der Waals surface area contributed by atoms with Gasteiger partial charge < -0.3 is 4.57 Å². The molecule has 0 aliphatic carbocycles. The fourth-order valence-corrected chi connectivity index (χ4v) is 10.0. The summed E-state index contributed by atoms with van der Waals surface area (Å²) in [6.07, 6.45) is 0. The van der Waals surface area contributed by atoms with Gasteiger partial charge in [-0.05, 0) is 59.7 Å². The lowest BCUT2D eigenvalue weighted by molar-refractivity contribution is 1.16. The van der Waals surface area contributed by atoms with Crippen molar-refractivity contribution in [2.75, 3.05) is 0 Å². The van der Waals surface area contributed by atoms with Gasteiger partial charge in [0.1, 0.15) is 0 Å². The Hall–Kier alpha value is -7.73. The molecule has 0 atom stereocenters. The van der Waals surface area contributed by atoms with E-state index in [1.165, 1.54) is 47.4 Å². The number of hydrogen-bond acceptors (Lipinski definition) is 4. The van der Waals surface area contributed by atoms with E-state index < -0.39 is 0 Å². The molecule has 0 spiro atoms. The van der Waals surface area contributed by atoms with Crippen molar-refractivity contribution in [3.63, 3.8) is 0 Å². The molecule has 0 saturated heterocycles. The molecule has 4 nitrogen and oxygen atoms in total. The van der Waals surface area contributed by atoms with Crippen molar-refractivity contribution >= 4 is 64.2 Å². The number of nitrogens with zero attached hydrogens (tertiary/aromatic N) is 4. The summed E-state index contributed by atoms with van der Waals surface area (Å²) in [5.74, 6) is 0.692. The van der Waals surface area contributed by atoms with Gasteiger partial charge in [0.15, 0.2) is 5.82 Å². The van der Waals surface area contributed by atoms with E-state index in [0.717, 1.165) is 61.7 Å². The highest BCUT2D eigenvalue weighted by Crippen LogP contribution is 2.43. The van der Waals surface area contributed by atoms with Crippen LogP contribution >= 0.6 is 11.3 Å². The third-order valence-corrected chi connectivity index (χ3v) is 12.8. The topological polar surface area (TPSA) is 43.6 Å². The van der Waals surface area contributed by atoms with Crippen LogP contribution in [-0.2, 0) is 0 Å². The zero-order chi connectivity index (χ0) is 39.6. The maximum absolute atomic E-state index is 5.29. The number of hydrogen-bond donors (Lipinski definition) is 0. The van der Waals surface area contributed by atoms with Crippen molar-refractivity contribution in [2.24, 2.45) is 0 Å². The first-order valence-corrected chi connectivity index (χ1v) is 21.0. The molecule has 0 unspecified atom stereocenters. The SMILES string of the molecule is c1ccc(-c2nc(-c3ccc(-c4cccc(-c5nc6ccccc6c6sc7ccccc7c56)c4)cc3)cc(-c3cccc(-n4c5ccccc5c5ccccc54)c3)n2)cc1. The molecule has 0 saturated carbocycles. The van der Waals surface area contributed by atoms with Gasteiger partial charge in [-0.15, -0.1) is 11.3 Å². The molecule has 4 aromatic heterocycles. The molecule has 8 aromatic carbocycles. The lowest BCUT2D eigenvalue weighted by Crippen LogP contribution is -1.97. The van der Waals surface area contributed by atoms with E-state index in [0.29, 0.717) is 5.82 Å². The number of thiophene rings is 1. The summed E-state index contributed by atoms with van der Waals surface area (Å²) in [7, 11) is 0. The van der Waals surface area contributed by atoms with Crippen molar-refractivity contribution in [1.82, 2.24) is 19.5 Å². The van der Waals surface area contributed by atoms with Crippen LogP contribution in [0.15, 0.2) is 206 Å². The number of benzene rings is 8. The average molecular weight is 783 g/mol. The quantitative estimate of drug-likeness (QED) is 0.169. The van der Waals surface area contributed by atoms with Gasteiger partial charge in [0.2, 0.25) is 0 Å². The second-order valence-corrected chi connectivity index (χ2v) is 16.2. The Balaban J connectivity index is 0.946. The van der Waals surface area contributed by atoms with Crippen LogP contribution in [0.5, 0.6) is 0 Å². The Bertz CT molecular complexity index is 3550. The van der Waals surface area contributed by atoms with Crippen molar-refractivity contribution in [1.29, 1.82) is 0 Å². The van der Waals surface area contributed by atoms with Gasteiger partial charge in [0, 0.05) is 64.3 Å². The number of aromatic nitrogens is 4. The molecule has 12 aromatic rings. The first-order valence-electron chi connectivity index (χ1n) is 20.2. The minimum atomic E-state index is 0.692. The van der Waals surface area contributed by atoms with E-state index in [2.05, 4.69) is 193 Å². The van der Waals surface area contributed by atoms with Crippen LogP contribution in [0.25, 0.3) is 115 Å². The number of fused-ring (bicyclic) bond motifs is 8. The summed E-state index contributed by atoms with van der Waals surface area (Å²) in [5, 5.41) is 6.14. The highest BCUT2D eigenvalue weighted by atomic mass is 32.1. The Labute approximate surface area is 350 Å². The van der Waals surface area contributed by atoms with Crippen molar-refractivity contribution < 1.29 is 0 Å². The summed E-state index contributed by atoms with van der Waals surface area (Å²) in [6.45, 7) is 0. The molecule has 0 radical (unpaired) electrons. The van der Waals surface area contributed by atoms with Crippen LogP contribution < -0.4 is 0 Å². The predicted octanol–water partition coefficient (Wildman–Crippen LogP) is 14.8. The first kappa shape index (κ1) is 34.3. The van der Waals surface area contributed by atoms with E-state index in [1.807, 2.05) is 29.5 Å². The minimum absolute atomic E-state index is 0.692. The predicted molar refractivity (Wildman–Crippen MR) is 252 cm³/mol. The van der Waals surface area contributed by atoms with Crippen molar-refractivity contribution in [3.05, 3.63) is 206 Å². The standard InChI is InChI=1S/C55H34N4S/c1-2-14-37(15-3-1)55-57-47(34-48(58-55)39-17-13-19-41(33-39)59-49-25-9-5-20-42(49)43-21-6-10-26-50(43)59)36-30-28-35(29-31-36)38-16-12-18-40(32-38)53-52-45-23-7-11-27-51(45)60-54(52)44-22-4-8-24-46(44)56-53/h1-34H. The number of para-hydroxylation sites is 3. The molecule has 0 aliphatic heterocycles. The average Bonchev–Trinajstić information content (AvgIpc) is 3.88. The molecular formula is C55H34N4S. The van der Waals surface area contributed by atoms with Crippen LogP contribution in [-0.4, -0.2) is 19.5 Å². The van der Waals surface area contributed by atoms with Crippen LogP contribution in [0.2, 0.25) is 0 Å². The van der Waals surface area contributed by atoms with Crippen molar-refractivity contribution in [2.45, 2.75) is 0 Å². The van der Waals surface area contributed by atoms with Gasteiger partial charge in [0.05, 0.1) is 33.6 Å². The smallest absolute Gasteiger partial charge is 0.160 e. The summed E-state index contributed by atoms with van der Waals surface area (Å²) in [5.41, 5.74) is 13.6. The zero-order valence-electron chi connectivity index (χ0n) is 32.3. The van der Waals surface area contributed by atoms with Gasteiger partial charge in [-0.25, -0.2) is 15.0 Å². The van der Waals surface area contributed by atoms with E-state index in [-0.39, 0.29) is 0 Å². The van der Waals surface area contributed by atoms with Gasteiger partial charge >= 0.3 is 0 Å². The van der Waals surface area contributed by atoms with E-state index >= 15 is 0 Å². The Morgan fingerprint density at radius 1 is 0.367 bits per heavy atom. The summed E-state index contributed by atoms with van der Waals surface area (Å²) < 4.78 is 4.91. The second-order valence-electron chi connectivity index (χ2n) is 15.2. The van der Waals surface area contributed by atoms with E-state index in [9.17, 15) is 0 Å². The Morgan fingerprint density at radius 3 is 1.73 bits per heavy atom. The highest BCUT2D eigenvalue weighted by Gasteiger charge is 2.18. The summed E-state index contributed by atoms with van der Waals surface area (Å²) in [4.78, 5) is 15.6. The van der Waals surface area contributed by atoms with Gasteiger partial charge in [0.25, 0.3) is 0 Å². The maximum atomic E-state index is 5.29. The minimum Gasteiger partial charge on any atom is -0.309 e. The zero-order valence-corrected chi connectivity index (χ0v) is 33.1. The van der Waals surface area contributed by atoms with Crippen LogP contribution in [0.4, 0.5) is 0 Å². The molecule has 0 amide bonds. The Kier molecular flexibility index (Phi) is 8.00. The third-order valence-electron chi connectivity index (χ3n) is 11.6. The number of pyridine rings is 1. The molecule has 280 valence electrons. The fraction of sp³-hybridized carbons (Fsp3) is 0. The van der Waals surface area contributed by atoms with Crippen LogP contribution in [0.3, 0.4) is 0 Å². The highest BCUT2D eigenvalue weighted by molar-refractivity contribution is 7.26. The third kappa shape index (κ3) is 5.70. The second kappa shape index (κ2) is 14.0. The normalized spacial score (nSPS) is 11.7. The van der Waals surface area contributed by atoms with E-state index in [4.69, 9.17) is 15.0 Å². The Morgan fingerprint density at radius 2 is 0.950 bits per heavy atom. The molecule has 0 fully saturated rings. The van der Waals surface area contributed by atoms with Gasteiger partial charge in [-0.2, -0.15) is 0 Å². The van der Waals surface area contributed by atoms with Gasteiger partial charge in [-0.1, -0.05) is 158 Å². The lowest BCUT2D eigenvalue weighted by atomic mass is 9.97. The summed E-state index contributed by atoms with van der Waals surface area (Å²) >= 11 is 1.85. The van der Waals surface area contributed by atoms with E-state index in [1.54, 1.807) is 0 Å². The molecule has 0 bridgehead atoms. The molecule has 0 aliphatic rings. The van der Waals surface area contributed by atoms with Crippen LogP contribution in [0, 0.1) is 0 Å². The molecular weight excluding hydrogens is 749 g/mol. The first-order chi connectivity index (χ1) is 29.7. The maximum Gasteiger partial charge on any atom is 0.160 e. The molecule has 0 N–H and O–H groups in total. The number of rotatable bonds is 6.